The highest BCUT2D eigenvalue weighted by Gasteiger charge is 2.39. The summed E-state index contributed by atoms with van der Waals surface area (Å²) >= 11 is 0. The second-order valence-electron chi connectivity index (χ2n) is 10.4. The fourth-order valence-electron chi connectivity index (χ4n) is 4.77. The zero-order chi connectivity index (χ0) is 26.7. The summed E-state index contributed by atoms with van der Waals surface area (Å²) in [7, 11) is 5.48. The van der Waals surface area contributed by atoms with E-state index in [4.69, 9.17) is 0 Å². The molecule has 7 nitrogen and oxygen atoms in total. The molecule has 0 saturated heterocycles. The molecule has 2 aromatic rings. The van der Waals surface area contributed by atoms with Crippen LogP contribution in [0.25, 0.3) is 10.9 Å². The average Bonchev–Trinajstić information content (AvgIpc) is 3.13. The van der Waals surface area contributed by atoms with Crippen molar-refractivity contribution in [1.29, 1.82) is 0 Å². The first-order valence-electron chi connectivity index (χ1n) is 12.2. The number of benzene rings is 1. The second-order valence-corrected chi connectivity index (χ2v) is 10.4. The third-order valence-electron chi connectivity index (χ3n) is 7.05. The Morgan fingerprint density at radius 2 is 1.69 bits per heavy atom. The highest BCUT2D eigenvalue weighted by atomic mass is 16.2. The molecule has 35 heavy (non-hydrogen) atoms. The van der Waals surface area contributed by atoms with E-state index < -0.39 is 17.5 Å². The van der Waals surface area contributed by atoms with Gasteiger partial charge in [0, 0.05) is 36.6 Å². The number of rotatable bonds is 10. The molecule has 7 heteroatoms. The lowest BCUT2D eigenvalue weighted by molar-refractivity contribution is -0.137. The Hall–Kier alpha value is -2.93. The molecule has 0 aliphatic rings. The zero-order valence-corrected chi connectivity index (χ0v) is 22.9. The Morgan fingerprint density at radius 3 is 2.23 bits per heavy atom. The van der Waals surface area contributed by atoms with Crippen molar-refractivity contribution in [2.45, 2.75) is 72.0 Å². The van der Waals surface area contributed by atoms with Crippen LogP contribution in [0.2, 0.25) is 0 Å². The molecule has 1 aromatic carbocycles. The Morgan fingerprint density at radius 1 is 1.09 bits per heavy atom. The van der Waals surface area contributed by atoms with Crippen LogP contribution in [0.5, 0.6) is 0 Å². The number of carbonyl (C=O) groups excluding carboxylic acids is 3. The summed E-state index contributed by atoms with van der Waals surface area (Å²) in [5.41, 5.74) is 2.23. The molecule has 0 aliphatic heterocycles. The van der Waals surface area contributed by atoms with Crippen LogP contribution < -0.4 is 10.6 Å². The number of hydrogen-bond donors (Lipinski definition) is 2. The molecule has 0 saturated carbocycles. The number of likely N-dealkylation sites (N-methyl/N-ethyl adjacent to an activating group) is 2. The predicted molar refractivity (Wildman–Crippen MR) is 142 cm³/mol. The number of aromatic nitrogens is 1. The van der Waals surface area contributed by atoms with E-state index >= 15 is 0 Å². The van der Waals surface area contributed by atoms with Gasteiger partial charge in [0.25, 0.3) is 0 Å². The van der Waals surface area contributed by atoms with Crippen molar-refractivity contribution in [3.8, 4) is 0 Å². The lowest BCUT2D eigenvalue weighted by atomic mass is 9.77. The highest BCUT2D eigenvalue weighted by Crippen LogP contribution is 2.34. The van der Waals surface area contributed by atoms with E-state index in [1.54, 1.807) is 32.8 Å². The van der Waals surface area contributed by atoms with E-state index in [9.17, 15) is 14.4 Å². The Kier molecular flexibility index (Phi) is 9.06. The summed E-state index contributed by atoms with van der Waals surface area (Å²) in [6.07, 6.45) is 3.90. The van der Waals surface area contributed by atoms with Crippen LogP contribution in [0.1, 0.15) is 54.0 Å². The number of fused-ring (bicyclic) bond motifs is 1. The summed E-state index contributed by atoms with van der Waals surface area (Å²) in [6, 6.07) is 6.60. The number of carbonyl (C=O) groups is 3. The van der Waals surface area contributed by atoms with Gasteiger partial charge in [-0.2, -0.15) is 0 Å². The number of ketones is 1. The largest absolute Gasteiger partial charge is 0.350 e. The van der Waals surface area contributed by atoms with E-state index in [-0.39, 0.29) is 29.6 Å². The third kappa shape index (κ3) is 6.01. The van der Waals surface area contributed by atoms with Crippen molar-refractivity contribution in [2.75, 3.05) is 14.1 Å². The van der Waals surface area contributed by atoms with Crippen molar-refractivity contribution in [3.63, 3.8) is 0 Å². The predicted octanol–water partition coefficient (Wildman–Crippen LogP) is 3.57. The minimum absolute atomic E-state index is 0.0228. The maximum atomic E-state index is 13.4. The van der Waals surface area contributed by atoms with Crippen LogP contribution in [0.15, 0.2) is 42.1 Å². The van der Waals surface area contributed by atoms with Gasteiger partial charge in [-0.1, -0.05) is 52.0 Å². The van der Waals surface area contributed by atoms with Gasteiger partial charge in [-0.25, -0.2) is 0 Å². The van der Waals surface area contributed by atoms with E-state index in [0.717, 1.165) is 16.5 Å². The first-order valence-corrected chi connectivity index (χ1v) is 12.2. The van der Waals surface area contributed by atoms with Crippen LogP contribution >= 0.6 is 0 Å². The normalized spacial score (nSPS) is 15.1. The average molecular weight is 483 g/mol. The SMILES string of the molecule is CNC(C(=O)NC(C)C(=O)N(C)C(/C=C(\C)C(C)=O)C(C)C)C(C)(C)c1cn(C)c2ccccc12. The minimum atomic E-state index is -0.723. The number of aryl methyl sites for hydroxylation is 1. The van der Waals surface area contributed by atoms with Gasteiger partial charge < -0.3 is 20.1 Å². The maximum Gasteiger partial charge on any atom is 0.245 e. The molecule has 3 atom stereocenters. The summed E-state index contributed by atoms with van der Waals surface area (Å²) in [5.74, 6) is -0.361. The van der Waals surface area contributed by atoms with Crippen molar-refractivity contribution in [3.05, 3.63) is 47.7 Å². The van der Waals surface area contributed by atoms with Crippen LogP contribution in [0.4, 0.5) is 0 Å². The topological polar surface area (TPSA) is 83.4 Å². The van der Waals surface area contributed by atoms with Crippen LogP contribution in [-0.2, 0) is 26.8 Å². The summed E-state index contributed by atoms with van der Waals surface area (Å²) in [5, 5.41) is 7.20. The van der Waals surface area contributed by atoms with Gasteiger partial charge in [-0.05, 0) is 50.9 Å². The van der Waals surface area contributed by atoms with Gasteiger partial charge in [-0.15, -0.1) is 0 Å². The van der Waals surface area contributed by atoms with Gasteiger partial charge in [0.2, 0.25) is 11.8 Å². The maximum absolute atomic E-state index is 13.4. The third-order valence-corrected chi connectivity index (χ3v) is 7.05. The van der Waals surface area contributed by atoms with Crippen LogP contribution in [0.3, 0.4) is 0 Å². The van der Waals surface area contributed by atoms with Gasteiger partial charge in [-0.3, -0.25) is 14.4 Å². The van der Waals surface area contributed by atoms with E-state index in [0.29, 0.717) is 5.57 Å². The first-order chi connectivity index (χ1) is 16.2. The van der Waals surface area contributed by atoms with Crippen LogP contribution in [0, 0.1) is 5.92 Å². The van der Waals surface area contributed by atoms with E-state index in [1.807, 2.05) is 53.0 Å². The molecule has 192 valence electrons. The first kappa shape index (κ1) is 28.3. The zero-order valence-electron chi connectivity index (χ0n) is 22.9. The Balaban J connectivity index is 2.26. The van der Waals surface area contributed by atoms with Gasteiger partial charge in [0.05, 0.1) is 12.1 Å². The number of hydrogen-bond acceptors (Lipinski definition) is 4. The molecule has 0 radical (unpaired) electrons. The van der Waals surface area contributed by atoms with Crippen LogP contribution in [-0.4, -0.2) is 59.3 Å². The number of nitrogens with zero attached hydrogens (tertiary/aromatic N) is 2. The fourth-order valence-corrected chi connectivity index (χ4v) is 4.77. The fraction of sp³-hybridized carbons (Fsp3) is 0.536. The summed E-state index contributed by atoms with van der Waals surface area (Å²) < 4.78 is 2.07. The molecule has 0 fully saturated rings. The Bertz CT molecular complexity index is 1110. The Labute approximate surface area is 209 Å². The number of allylic oxidation sites excluding steroid dienone is 1. The molecule has 0 bridgehead atoms. The number of para-hydroxylation sites is 1. The second kappa shape index (κ2) is 11.2. The molecule has 1 aromatic heterocycles. The van der Waals surface area contributed by atoms with Crippen molar-refractivity contribution >= 4 is 28.5 Å². The molecule has 2 amide bonds. The van der Waals surface area contributed by atoms with Crippen molar-refractivity contribution in [2.24, 2.45) is 13.0 Å². The minimum Gasteiger partial charge on any atom is -0.350 e. The lowest BCUT2D eigenvalue weighted by Crippen LogP contribution is -2.58. The smallest absolute Gasteiger partial charge is 0.245 e. The van der Waals surface area contributed by atoms with Crippen molar-refractivity contribution < 1.29 is 14.4 Å². The van der Waals surface area contributed by atoms with Crippen molar-refractivity contribution in [1.82, 2.24) is 20.1 Å². The summed E-state index contributed by atoms with van der Waals surface area (Å²) in [4.78, 5) is 40.1. The standard InChI is InChI=1S/C28H42N4O3/c1-17(2)24(15-18(3)20(5)33)32(10)27(35)19(4)30-26(34)25(29-8)28(6,7)22-16-31(9)23-14-12-11-13-21(22)23/h11-17,19,24-25,29H,1-10H3,(H,30,34)/b18-15+. The van der Waals surface area contributed by atoms with E-state index in [1.165, 1.54) is 6.92 Å². The number of Topliss-reactive ketones (excluding diaryl/α,β-unsaturated/α-hetero) is 1. The van der Waals surface area contributed by atoms with E-state index in [2.05, 4.69) is 33.5 Å². The lowest BCUT2D eigenvalue weighted by Gasteiger charge is -2.35. The van der Waals surface area contributed by atoms with Gasteiger partial charge in [0.1, 0.15) is 6.04 Å². The highest BCUT2D eigenvalue weighted by molar-refractivity contribution is 5.94. The molecular formula is C28H42N4O3. The monoisotopic (exact) mass is 482 g/mol. The molecule has 3 unspecified atom stereocenters. The van der Waals surface area contributed by atoms with Gasteiger partial charge in [0.15, 0.2) is 5.78 Å². The molecule has 2 rings (SSSR count). The number of amides is 2. The number of nitrogens with one attached hydrogen (secondary N) is 2. The molecular weight excluding hydrogens is 440 g/mol. The summed E-state index contributed by atoms with van der Waals surface area (Å²) in [6.45, 7) is 13.1. The molecule has 1 heterocycles. The molecule has 2 N–H and O–H groups in total. The molecule has 0 aliphatic carbocycles. The van der Waals surface area contributed by atoms with Gasteiger partial charge >= 0.3 is 0 Å². The molecule has 0 spiro atoms. The quantitative estimate of drug-likeness (QED) is 0.507.